The first-order chi connectivity index (χ1) is 10.7. The molecule has 1 saturated carbocycles. The second-order valence-corrected chi connectivity index (χ2v) is 6.85. The van der Waals surface area contributed by atoms with E-state index in [-0.39, 0.29) is 5.91 Å². The fourth-order valence-corrected chi connectivity index (χ4v) is 3.22. The van der Waals surface area contributed by atoms with Crippen LogP contribution in [0.3, 0.4) is 0 Å². The molecule has 22 heavy (non-hydrogen) atoms. The molecule has 0 aliphatic heterocycles. The van der Waals surface area contributed by atoms with Gasteiger partial charge in [-0.2, -0.15) is 0 Å². The van der Waals surface area contributed by atoms with Crippen molar-refractivity contribution in [2.24, 2.45) is 0 Å². The molecule has 1 fully saturated rings. The summed E-state index contributed by atoms with van der Waals surface area (Å²) in [5.41, 5.74) is 0.822. The maximum atomic E-state index is 12.0. The topological polar surface area (TPSA) is 64.1 Å². The standard InChI is InChI=1S/C15H14BrN3O2S/c1-21-12-6-5-11(16)8-10(12)4-7-13(20)17-15-19-18-14(22-15)9-2-3-9/h4-9H,2-3H2,1H3,(H,17,19,20). The van der Waals surface area contributed by atoms with E-state index in [4.69, 9.17) is 4.74 Å². The van der Waals surface area contributed by atoms with Gasteiger partial charge < -0.3 is 4.74 Å². The molecular weight excluding hydrogens is 366 g/mol. The highest BCUT2D eigenvalue weighted by molar-refractivity contribution is 9.10. The van der Waals surface area contributed by atoms with Crippen molar-refractivity contribution in [2.45, 2.75) is 18.8 Å². The van der Waals surface area contributed by atoms with Gasteiger partial charge in [0.15, 0.2) is 0 Å². The Morgan fingerprint density at radius 3 is 3.00 bits per heavy atom. The SMILES string of the molecule is COc1ccc(Br)cc1C=CC(=O)Nc1nnc(C2CC2)s1. The Bertz CT molecular complexity index is 725. The number of nitrogens with zero attached hydrogens (tertiary/aromatic N) is 2. The summed E-state index contributed by atoms with van der Waals surface area (Å²) in [5, 5.41) is 12.4. The predicted molar refractivity (Wildman–Crippen MR) is 90.2 cm³/mol. The van der Waals surface area contributed by atoms with Crippen LogP contribution < -0.4 is 10.1 Å². The Balaban J connectivity index is 1.66. The lowest BCUT2D eigenvalue weighted by Crippen LogP contribution is -2.07. The van der Waals surface area contributed by atoms with Crippen LogP contribution in [0.15, 0.2) is 28.7 Å². The first kappa shape index (κ1) is 15.2. The number of methoxy groups -OCH3 is 1. The van der Waals surface area contributed by atoms with Gasteiger partial charge in [-0.15, -0.1) is 10.2 Å². The third-order valence-corrected chi connectivity index (χ3v) is 4.70. The second kappa shape index (κ2) is 6.58. The van der Waals surface area contributed by atoms with E-state index in [0.717, 1.165) is 15.0 Å². The second-order valence-electron chi connectivity index (χ2n) is 4.93. The van der Waals surface area contributed by atoms with Crippen LogP contribution in [0.25, 0.3) is 6.08 Å². The van der Waals surface area contributed by atoms with E-state index in [9.17, 15) is 4.79 Å². The van der Waals surface area contributed by atoms with Crippen molar-refractivity contribution in [1.82, 2.24) is 10.2 Å². The first-order valence-electron chi connectivity index (χ1n) is 6.81. The predicted octanol–water partition coefficient (Wildman–Crippen LogP) is 3.84. The third kappa shape index (κ3) is 3.72. The van der Waals surface area contributed by atoms with E-state index < -0.39 is 0 Å². The molecule has 114 valence electrons. The minimum Gasteiger partial charge on any atom is -0.496 e. The Morgan fingerprint density at radius 2 is 2.27 bits per heavy atom. The van der Waals surface area contributed by atoms with Crippen molar-refractivity contribution in [3.8, 4) is 5.75 Å². The molecule has 1 N–H and O–H groups in total. The maximum absolute atomic E-state index is 12.0. The van der Waals surface area contributed by atoms with Gasteiger partial charge in [-0.05, 0) is 37.1 Å². The van der Waals surface area contributed by atoms with Crippen molar-refractivity contribution in [3.63, 3.8) is 0 Å². The molecule has 1 aliphatic carbocycles. The number of hydrogen-bond acceptors (Lipinski definition) is 5. The molecule has 2 aromatic rings. The zero-order chi connectivity index (χ0) is 15.5. The van der Waals surface area contributed by atoms with Crippen LogP contribution >= 0.6 is 27.3 Å². The van der Waals surface area contributed by atoms with Crippen molar-refractivity contribution < 1.29 is 9.53 Å². The van der Waals surface area contributed by atoms with E-state index in [1.54, 1.807) is 13.2 Å². The Kier molecular flexibility index (Phi) is 4.54. The molecule has 1 aliphatic rings. The van der Waals surface area contributed by atoms with Gasteiger partial charge in [-0.25, -0.2) is 0 Å². The molecule has 1 amide bonds. The number of anilines is 1. The third-order valence-electron chi connectivity index (χ3n) is 3.20. The number of carbonyl (C=O) groups is 1. The number of benzene rings is 1. The van der Waals surface area contributed by atoms with Crippen molar-refractivity contribution in [2.75, 3.05) is 12.4 Å². The van der Waals surface area contributed by atoms with Gasteiger partial charge in [0, 0.05) is 22.0 Å². The average Bonchev–Trinajstić information content (AvgIpc) is 3.26. The number of halogens is 1. The minimum absolute atomic E-state index is 0.236. The highest BCUT2D eigenvalue weighted by Gasteiger charge is 2.27. The maximum Gasteiger partial charge on any atom is 0.250 e. The Hall–Kier alpha value is -1.73. The van der Waals surface area contributed by atoms with Crippen LogP contribution in [0.4, 0.5) is 5.13 Å². The van der Waals surface area contributed by atoms with Crippen LogP contribution in [-0.2, 0) is 4.79 Å². The average molecular weight is 380 g/mol. The lowest BCUT2D eigenvalue weighted by Gasteiger charge is -2.04. The number of aromatic nitrogens is 2. The number of hydrogen-bond donors (Lipinski definition) is 1. The highest BCUT2D eigenvalue weighted by Crippen LogP contribution is 2.42. The number of carbonyl (C=O) groups excluding carboxylic acids is 1. The smallest absolute Gasteiger partial charge is 0.250 e. The largest absolute Gasteiger partial charge is 0.496 e. The molecule has 0 unspecified atom stereocenters. The molecular formula is C15H14BrN3O2S. The van der Waals surface area contributed by atoms with Gasteiger partial charge in [0.1, 0.15) is 10.8 Å². The lowest BCUT2D eigenvalue weighted by molar-refractivity contribution is -0.111. The molecule has 0 bridgehead atoms. The lowest BCUT2D eigenvalue weighted by atomic mass is 10.2. The van der Waals surface area contributed by atoms with E-state index in [2.05, 4.69) is 31.4 Å². The Labute approximate surface area is 140 Å². The summed E-state index contributed by atoms with van der Waals surface area (Å²) in [5.74, 6) is 1.02. The fourth-order valence-electron chi connectivity index (χ4n) is 1.93. The van der Waals surface area contributed by atoms with Crippen LogP contribution in [0.1, 0.15) is 29.3 Å². The van der Waals surface area contributed by atoms with Crippen LogP contribution in [0.5, 0.6) is 5.75 Å². The number of rotatable bonds is 5. The number of nitrogens with one attached hydrogen (secondary N) is 1. The summed E-state index contributed by atoms with van der Waals surface area (Å²) in [4.78, 5) is 12.0. The number of amides is 1. The normalized spacial score (nSPS) is 14.3. The molecule has 7 heteroatoms. The molecule has 5 nitrogen and oxygen atoms in total. The molecule has 0 saturated heterocycles. The molecule has 0 atom stereocenters. The zero-order valence-corrected chi connectivity index (χ0v) is 14.3. The quantitative estimate of drug-likeness (QED) is 0.801. The minimum atomic E-state index is -0.236. The Morgan fingerprint density at radius 1 is 1.45 bits per heavy atom. The molecule has 1 heterocycles. The van der Waals surface area contributed by atoms with Crippen molar-refractivity contribution in [3.05, 3.63) is 39.3 Å². The summed E-state index contributed by atoms with van der Waals surface area (Å²) < 4.78 is 6.19. The summed E-state index contributed by atoms with van der Waals surface area (Å²) in [6.45, 7) is 0. The summed E-state index contributed by atoms with van der Waals surface area (Å²) in [6.07, 6.45) is 5.51. The van der Waals surface area contributed by atoms with Gasteiger partial charge in [-0.3, -0.25) is 10.1 Å². The van der Waals surface area contributed by atoms with Gasteiger partial charge >= 0.3 is 0 Å². The van der Waals surface area contributed by atoms with Gasteiger partial charge in [-0.1, -0.05) is 27.3 Å². The fraction of sp³-hybridized carbons (Fsp3) is 0.267. The summed E-state index contributed by atoms with van der Waals surface area (Å²) in [7, 11) is 1.60. The van der Waals surface area contributed by atoms with Gasteiger partial charge in [0.2, 0.25) is 11.0 Å². The summed E-state index contributed by atoms with van der Waals surface area (Å²) in [6, 6.07) is 5.62. The molecule has 0 radical (unpaired) electrons. The monoisotopic (exact) mass is 379 g/mol. The first-order valence-corrected chi connectivity index (χ1v) is 8.42. The van der Waals surface area contributed by atoms with E-state index in [1.807, 2.05) is 18.2 Å². The zero-order valence-electron chi connectivity index (χ0n) is 11.9. The van der Waals surface area contributed by atoms with Crippen molar-refractivity contribution >= 4 is 44.4 Å². The molecule has 1 aromatic heterocycles. The highest BCUT2D eigenvalue weighted by atomic mass is 79.9. The van der Waals surface area contributed by atoms with Gasteiger partial charge in [0.25, 0.3) is 0 Å². The van der Waals surface area contributed by atoms with E-state index >= 15 is 0 Å². The van der Waals surface area contributed by atoms with Crippen LogP contribution in [-0.4, -0.2) is 23.2 Å². The van der Waals surface area contributed by atoms with E-state index in [1.165, 1.54) is 30.3 Å². The number of ether oxygens (including phenoxy) is 1. The molecule has 3 rings (SSSR count). The molecule has 0 spiro atoms. The summed E-state index contributed by atoms with van der Waals surface area (Å²) >= 11 is 4.85. The van der Waals surface area contributed by atoms with Gasteiger partial charge in [0.05, 0.1) is 7.11 Å². The van der Waals surface area contributed by atoms with E-state index in [0.29, 0.717) is 16.8 Å². The molecule has 1 aromatic carbocycles. The van der Waals surface area contributed by atoms with Crippen LogP contribution in [0, 0.1) is 0 Å². The van der Waals surface area contributed by atoms with Crippen LogP contribution in [0.2, 0.25) is 0 Å². The van der Waals surface area contributed by atoms with Crippen molar-refractivity contribution in [1.29, 1.82) is 0 Å².